The zero-order valence-electron chi connectivity index (χ0n) is 16.9. The topological polar surface area (TPSA) is 56.1 Å². The number of carbonyl (C=O) groups excluding carboxylic acids is 1. The highest BCUT2D eigenvalue weighted by Gasteiger charge is 2.33. The largest absolute Gasteiger partial charge is 0.457 e. The molecule has 0 bridgehead atoms. The van der Waals surface area contributed by atoms with E-state index in [0.717, 1.165) is 27.9 Å². The molecule has 4 aromatic rings. The highest BCUT2D eigenvalue weighted by molar-refractivity contribution is 6.30. The lowest BCUT2D eigenvalue weighted by molar-refractivity contribution is -0.140. The lowest BCUT2D eigenvalue weighted by Gasteiger charge is -2.29. The van der Waals surface area contributed by atoms with Crippen molar-refractivity contribution in [3.05, 3.63) is 101 Å². The molecule has 6 heteroatoms. The monoisotopic (exact) mass is 429 g/mol. The van der Waals surface area contributed by atoms with Gasteiger partial charge in [-0.25, -0.2) is 9.78 Å². The molecule has 0 saturated heterocycles. The van der Waals surface area contributed by atoms with Crippen molar-refractivity contribution in [1.82, 2.24) is 9.55 Å². The summed E-state index contributed by atoms with van der Waals surface area (Å²) < 4.78 is 7.69. The van der Waals surface area contributed by atoms with E-state index in [-0.39, 0.29) is 12.6 Å². The van der Waals surface area contributed by atoms with Crippen LogP contribution in [0, 0.1) is 0 Å². The van der Waals surface area contributed by atoms with Gasteiger partial charge in [0.25, 0.3) is 0 Å². The van der Waals surface area contributed by atoms with Gasteiger partial charge in [-0.2, -0.15) is 0 Å². The maximum atomic E-state index is 13.3. The first-order valence-electron chi connectivity index (χ1n) is 10.0. The van der Waals surface area contributed by atoms with Gasteiger partial charge in [-0.15, -0.1) is 0 Å². The number of carbonyl (C=O) groups is 1. The first kappa shape index (κ1) is 19.4. The van der Waals surface area contributed by atoms with Crippen LogP contribution in [0.5, 0.6) is 0 Å². The molecule has 5 nitrogen and oxygen atoms in total. The Labute approximate surface area is 184 Å². The van der Waals surface area contributed by atoms with Crippen LogP contribution < -0.4 is 5.32 Å². The standard InChI is InChI=1S/C25H20ClN3O2/c1-16-22(24(30)31-15-17-7-3-2-4-8-17)23(18-11-13-19(26)14-12-18)28-25-27-20-9-5-6-10-21(20)29(16)25/h2-14,23H,15H2,1H3,(H,27,28). The zero-order chi connectivity index (χ0) is 21.4. The quantitative estimate of drug-likeness (QED) is 0.414. The number of esters is 1. The minimum atomic E-state index is -0.398. The molecule has 31 heavy (non-hydrogen) atoms. The molecule has 0 amide bonds. The predicted molar refractivity (Wildman–Crippen MR) is 123 cm³/mol. The number of aromatic nitrogens is 2. The maximum Gasteiger partial charge on any atom is 0.338 e. The van der Waals surface area contributed by atoms with Crippen molar-refractivity contribution < 1.29 is 9.53 Å². The third kappa shape index (κ3) is 3.57. The predicted octanol–water partition coefficient (Wildman–Crippen LogP) is 5.83. The summed E-state index contributed by atoms with van der Waals surface area (Å²) in [7, 11) is 0. The second kappa shape index (κ2) is 7.93. The number of nitrogens with zero attached hydrogens (tertiary/aromatic N) is 2. The average molecular weight is 430 g/mol. The van der Waals surface area contributed by atoms with Gasteiger partial charge in [0, 0.05) is 10.7 Å². The SMILES string of the molecule is CC1=C(C(=O)OCc2ccccc2)C(c2ccc(Cl)cc2)Nc2nc3ccccc3n21. The summed E-state index contributed by atoms with van der Waals surface area (Å²) in [5.41, 5.74) is 4.99. The fourth-order valence-electron chi connectivity index (χ4n) is 3.96. The fourth-order valence-corrected chi connectivity index (χ4v) is 4.09. The van der Waals surface area contributed by atoms with E-state index in [1.165, 1.54) is 0 Å². The van der Waals surface area contributed by atoms with Crippen LogP contribution in [0.1, 0.15) is 24.1 Å². The van der Waals surface area contributed by atoms with Crippen molar-refractivity contribution in [1.29, 1.82) is 0 Å². The van der Waals surface area contributed by atoms with Crippen LogP contribution in [-0.4, -0.2) is 15.5 Å². The van der Waals surface area contributed by atoms with Gasteiger partial charge < -0.3 is 10.1 Å². The van der Waals surface area contributed by atoms with Gasteiger partial charge in [0.2, 0.25) is 5.95 Å². The number of anilines is 1. The summed E-state index contributed by atoms with van der Waals surface area (Å²) >= 11 is 6.09. The number of benzene rings is 3. The van der Waals surface area contributed by atoms with Gasteiger partial charge in [0.15, 0.2) is 0 Å². The van der Waals surface area contributed by atoms with Crippen LogP contribution >= 0.6 is 11.6 Å². The average Bonchev–Trinajstić information content (AvgIpc) is 3.17. The van der Waals surface area contributed by atoms with Gasteiger partial charge >= 0.3 is 5.97 Å². The summed E-state index contributed by atoms with van der Waals surface area (Å²) in [5, 5.41) is 4.07. The molecule has 1 aliphatic rings. The van der Waals surface area contributed by atoms with E-state index in [1.807, 2.05) is 90.4 Å². The van der Waals surface area contributed by atoms with E-state index in [4.69, 9.17) is 21.3 Å². The molecule has 1 aromatic heterocycles. The van der Waals surface area contributed by atoms with E-state index < -0.39 is 6.04 Å². The van der Waals surface area contributed by atoms with Crippen LogP contribution in [0.25, 0.3) is 16.7 Å². The number of imidazole rings is 1. The van der Waals surface area contributed by atoms with E-state index in [9.17, 15) is 4.79 Å². The van der Waals surface area contributed by atoms with Crippen LogP contribution in [-0.2, 0) is 16.1 Å². The molecule has 0 fully saturated rings. The minimum absolute atomic E-state index is 0.210. The number of para-hydroxylation sites is 2. The minimum Gasteiger partial charge on any atom is -0.457 e. The summed E-state index contributed by atoms with van der Waals surface area (Å²) in [6.45, 7) is 2.14. The van der Waals surface area contributed by atoms with Crippen molar-refractivity contribution in [3.8, 4) is 0 Å². The number of hydrogen-bond acceptors (Lipinski definition) is 4. The van der Waals surface area contributed by atoms with Crippen LogP contribution in [0.3, 0.4) is 0 Å². The summed E-state index contributed by atoms with van der Waals surface area (Å²) in [6, 6.07) is 24.6. The second-order valence-electron chi connectivity index (χ2n) is 7.45. The molecule has 3 aromatic carbocycles. The molecule has 0 radical (unpaired) electrons. The van der Waals surface area contributed by atoms with Crippen molar-refractivity contribution in [3.63, 3.8) is 0 Å². The number of allylic oxidation sites excluding steroid dienone is 1. The van der Waals surface area contributed by atoms with Gasteiger partial charge in [0.1, 0.15) is 6.61 Å². The number of ether oxygens (including phenoxy) is 1. The van der Waals surface area contributed by atoms with Crippen molar-refractivity contribution >= 4 is 40.2 Å². The number of halogens is 1. The highest BCUT2D eigenvalue weighted by atomic mass is 35.5. The molecule has 154 valence electrons. The molecule has 0 aliphatic carbocycles. The Balaban J connectivity index is 1.59. The molecule has 1 aliphatic heterocycles. The van der Waals surface area contributed by atoms with Crippen molar-refractivity contribution in [2.24, 2.45) is 0 Å². The zero-order valence-corrected chi connectivity index (χ0v) is 17.6. The van der Waals surface area contributed by atoms with Crippen molar-refractivity contribution in [2.75, 3.05) is 5.32 Å². The molecule has 0 spiro atoms. The molecule has 1 unspecified atom stereocenters. The van der Waals surface area contributed by atoms with E-state index in [2.05, 4.69) is 5.32 Å². The smallest absolute Gasteiger partial charge is 0.338 e. The van der Waals surface area contributed by atoms with Gasteiger partial charge in [0.05, 0.1) is 22.6 Å². The van der Waals surface area contributed by atoms with Gasteiger partial charge in [-0.3, -0.25) is 4.57 Å². The number of rotatable bonds is 4. The Bertz CT molecular complexity index is 1290. The molecule has 0 saturated carbocycles. The van der Waals surface area contributed by atoms with Gasteiger partial charge in [-0.05, 0) is 42.3 Å². The summed E-state index contributed by atoms with van der Waals surface area (Å²) in [6.07, 6.45) is 0. The molecule has 5 rings (SSSR count). The second-order valence-corrected chi connectivity index (χ2v) is 7.89. The number of nitrogens with one attached hydrogen (secondary N) is 1. The van der Waals surface area contributed by atoms with Crippen molar-refractivity contribution in [2.45, 2.75) is 19.6 Å². The Morgan fingerprint density at radius 3 is 2.52 bits per heavy atom. The molecule has 1 atom stereocenters. The number of fused-ring (bicyclic) bond motifs is 3. The maximum absolute atomic E-state index is 13.3. The Morgan fingerprint density at radius 2 is 1.74 bits per heavy atom. The summed E-state index contributed by atoms with van der Waals surface area (Å²) in [5.74, 6) is 0.329. The number of hydrogen-bond donors (Lipinski definition) is 1. The lowest BCUT2D eigenvalue weighted by atomic mass is 9.95. The molecule has 1 N–H and O–H groups in total. The van der Waals surface area contributed by atoms with Crippen LogP contribution in [0.15, 0.2) is 84.4 Å². The Morgan fingerprint density at radius 1 is 1.03 bits per heavy atom. The summed E-state index contributed by atoms with van der Waals surface area (Å²) in [4.78, 5) is 18.0. The van der Waals surface area contributed by atoms with Crippen LogP contribution in [0.4, 0.5) is 5.95 Å². The first-order valence-corrected chi connectivity index (χ1v) is 10.4. The third-order valence-electron chi connectivity index (χ3n) is 5.48. The Kier molecular flexibility index (Phi) is 4.96. The van der Waals surface area contributed by atoms with E-state index >= 15 is 0 Å². The van der Waals surface area contributed by atoms with E-state index in [0.29, 0.717) is 16.5 Å². The molecule has 2 heterocycles. The van der Waals surface area contributed by atoms with Crippen LogP contribution in [0.2, 0.25) is 5.02 Å². The van der Waals surface area contributed by atoms with Gasteiger partial charge in [-0.1, -0.05) is 66.2 Å². The highest BCUT2D eigenvalue weighted by Crippen LogP contribution is 2.39. The molecular formula is C25H20ClN3O2. The fraction of sp³-hybridized carbons (Fsp3) is 0.120. The van der Waals surface area contributed by atoms with E-state index in [1.54, 1.807) is 0 Å². The molecular weight excluding hydrogens is 410 g/mol. The Hall–Kier alpha value is -3.57. The normalized spacial score (nSPS) is 15.5. The third-order valence-corrected chi connectivity index (χ3v) is 5.74. The lowest BCUT2D eigenvalue weighted by Crippen LogP contribution is -2.28. The first-order chi connectivity index (χ1) is 15.1.